The van der Waals surface area contributed by atoms with Gasteiger partial charge in [0.15, 0.2) is 0 Å². The maximum atomic E-state index is 13.4. The number of halogens is 1. The van der Waals surface area contributed by atoms with Gasteiger partial charge in [0.25, 0.3) is 0 Å². The largest absolute Gasteiger partial charge is 0.379 e. The van der Waals surface area contributed by atoms with E-state index >= 15 is 0 Å². The molecular formula is C20H27FN4O3. The zero-order valence-electron chi connectivity index (χ0n) is 16.4. The van der Waals surface area contributed by atoms with Crippen molar-refractivity contribution in [1.29, 1.82) is 0 Å². The van der Waals surface area contributed by atoms with Gasteiger partial charge in [-0.15, -0.1) is 0 Å². The van der Waals surface area contributed by atoms with Crippen molar-refractivity contribution in [2.75, 3.05) is 13.2 Å². The number of nitrogens with zero attached hydrogens (tertiary/aromatic N) is 3. The van der Waals surface area contributed by atoms with Crippen LogP contribution in [0.1, 0.15) is 50.4 Å². The molecule has 2 heterocycles. The van der Waals surface area contributed by atoms with Gasteiger partial charge >= 0.3 is 5.69 Å². The second-order valence-electron chi connectivity index (χ2n) is 7.34. The molecule has 28 heavy (non-hydrogen) atoms. The van der Waals surface area contributed by atoms with E-state index in [1.165, 1.54) is 16.8 Å². The quantitative estimate of drug-likeness (QED) is 0.700. The fraction of sp³-hybridized carbons (Fsp3) is 0.550. The molecule has 3 rings (SSSR count). The standard InChI is InChI=1S/C20H27FN4O3/c1-14(2)28-11-5-9-22-19(26)17-8-4-10-24-18(17)23-25(20(24)27)13-15-6-3-7-16(21)12-15/h3,6-7,12,14,17H,4-5,8-11,13H2,1-2H3,(H,22,26). The molecular weight excluding hydrogens is 363 g/mol. The molecule has 0 aliphatic carbocycles. The average Bonchev–Trinajstić information content (AvgIpc) is 2.97. The molecule has 0 spiro atoms. The fourth-order valence-electron chi connectivity index (χ4n) is 3.39. The number of nitrogens with one attached hydrogen (secondary N) is 1. The van der Waals surface area contributed by atoms with Crippen LogP contribution in [0.3, 0.4) is 0 Å². The van der Waals surface area contributed by atoms with Crippen molar-refractivity contribution in [3.63, 3.8) is 0 Å². The first-order chi connectivity index (χ1) is 13.5. The maximum absolute atomic E-state index is 13.4. The highest BCUT2D eigenvalue weighted by Crippen LogP contribution is 2.24. The molecule has 0 fully saturated rings. The summed E-state index contributed by atoms with van der Waals surface area (Å²) in [7, 11) is 0. The molecule has 0 saturated carbocycles. The van der Waals surface area contributed by atoms with Gasteiger partial charge in [-0.25, -0.2) is 13.9 Å². The van der Waals surface area contributed by atoms with Crippen LogP contribution in [0.2, 0.25) is 0 Å². The Bertz CT molecular complexity index is 875. The number of rotatable bonds is 8. The van der Waals surface area contributed by atoms with Crippen LogP contribution in [0, 0.1) is 5.82 Å². The highest BCUT2D eigenvalue weighted by atomic mass is 19.1. The van der Waals surface area contributed by atoms with Crippen molar-refractivity contribution in [3.05, 3.63) is 52.0 Å². The van der Waals surface area contributed by atoms with Crippen LogP contribution >= 0.6 is 0 Å². The van der Waals surface area contributed by atoms with E-state index in [2.05, 4.69) is 10.4 Å². The van der Waals surface area contributed by atoms with Gasteiger partial charge in [0.05, 0.1) is 18.6 Å². The molecule has 1 atom stereocenters. The van der Waals surface area contributed by atoms with Crippen molar-refractivity contribution in [2.24, 2.45) is 0 Å². The van der Waals surface area contributed by atoms with Gasteiger partial charge in [-0.1, -0.05) is 12.1 Å². The zero-order chi connectivity index (χ0) is 20.1. The third kappa shape index (κ3) is 4.86. The Balaban J connectivity index is 1.68. The Morgan fingerprint density at radius 1 is 1.43 bits per heavy atom. The van der Waals surface area contributed by atoms with E-state index in [1.807, 2.05) is 13.8 Å². The lowest BCUT2D eigenvalue weighted by Gasteiger charge is -2.21. The molecule has 1 aliphatic rings. The number of carbonyl (C=O) groups excluding carboxylic acids is 1. The smallest absolute Gasteiger partial charge is 0.346 e. The molecule has 2 aromatic rings. The van der Waals surface area contributed by atoms with E-state index in [0.29, 0.717) is 37.5 Å². The molecule has 1 aromatic heterocycles. The summed E-state index contributed by atoms with van der Waals surface area (Å²) in [4.78, 5) is 25.3. The minimum Gasteiger partial charge on any atom is -0.379 e. The predicted octanol–water partition coefficient (Wildman–Crippen LogP) is 2.04. The summed E-state index contributed by atoms with van der Waals surface area (Å²) in [5, 5.41) is 7.32. The van der Waals surface area contributed by atoms with Gasteiger partial charge < -0.3 is 10.1 Å². The van der Waals surface area contributed by atoms with Crippen molar-refractivity contribution in [2.45, 2.75) is 58.2 Å². The first kappa shape index (κ1) is 20.3. The molecule has 1 aromatic carbocycles. The van der Waals surface area contributed by atoms with Gasteiger partial charge in [0.1, 0.15) is 11.6 Å². The second-order valence-corrected chi connectivity index (χ2v) is 7.34. The Kier molecular flexibility index (Phi) is 6.61. The molecule has 1 N–H and O–H groups in total. The van der Waals surface area contributed by atoms with Crippen LogP contribution in [-0.4, -0.2) is 39.5 Å². The van der Waals surface area contributed by atoms with Crippen LogP contribution in [0.4, 0.5) is 4.39 Å². The van der Waals surface area contributed by atoms with E-state index in [4.69, 9.17) is 4.74 Å². The van der Waals surface area contributed by atoms with Crippen molar-refractivity contribution in [1.82, 2.24) is 19.7 Å². The van der Waals surface area contributed by atoms with Gasteiger partial charge in [-0.2, -0.15) is 5.10 Å². The van der Waals surface area contributed by atoms with Gasteiger partial charge in [-0.3, -0.25) is 9.36 Å². The number of fused-ring (bicyclic) bond motifs is 1. The normalized spacial score (nSPS) is 16.2. The van der Waals surface area contributed by atoms with Crippen molar-refractivity contribution in [3.8, 4) is 0 Å². The first-order valence-corrected chi connectivity index (χ1v) is 9.77. The Labute approximate surface area is 163 Å². The zero-order valence-corrected chi connectivity index (χ0v) is 16.4. The van der Waals surface area contributed by atoms with Crippen LogP contribution < -0.4 is 11.0 Å². The number of aromatic nitrogens is 3. The lowest BCUT2D eigenvalue weighted by Crippen LogP contribution is -2.35. The number of amides is 1. The molecule has 8 heteroatoms. The molecule has 1 amide bonds. The molecule has 0 bridgehead atoms. The summed E-state index contributed by atoms with van der Waals surface area (Å²) in [5.41, 5.74) is 0.394. The van der Waals surface area contributed by atoms with Gasteiger partial charge in [0.2, 0.25) is 5.91 Å². The molecule has 0 saturated heterocycles. The highest BCUT2D eigenvalue weighted by molar-refractivity contribution is 5.82. The second kappa shape index (κ2) is 9.14. The molecule has 1 aliphatic heterocycles. The number of ether oxygens (including phenoxy) is 1. The third-order valence-electron chi connectivity index (χ3n) is 4.75. The summed E-state index contributed by atoms with van der Waals surface area (Å²) in [6.45, 7) is 5.78. The Morgan fingerprint density at radius 2 is 2.25 bits per heavy atom. The Morgan fingerprint density at radius 3 is 3.00 bits per heavy atom. The number of hydrogen-bond donors (Lipinski definition) is 1. The van der Waals surface area contributed by atoms with Crippen LogP contribution in [0.25, 0.3) is 0 Å². The molecule has 1 unspecified atom stereocenters. The van der Waals surface area contributed by atoms with Crippen LogP contribution in [0.5, 0.6) is 0 Å². The molecule has 7 nitrogen and oxygen atoms in total. The Hall–Kier alpha value is -2.48. The van der Waals surface area contributed by atoms with E-state index in [1.54, 1.807) is 16.7 Å². The maximum Gasteiger partial charge on any atom is 0.346 e. The number of carbonyl (C=O) groups is 1. The summed E-state index contributed by atoms with van der Waals surface area (Å²) < 4.78 is 21.8. The lowest BCUT2D eigenvalue weighted by atomic mass is 9.98. The lowest BCUT2D eigenvalue weighted by molar-refractivity contribution is -0.123. The monoisotopic (exact) mass is 390 g/mol. The highest BCUT2D eigenvalue weighted by Gasteiger charge is 2.31. The van der Waals surface area contributed by atoms with Gasteiger partial charge in [-0.05, 0) is 50.8 Å². The number of benzene rings is 1. The van der Waals surface area contributed by atoms with E-state index in [0.717, 1.165) is 12.8 Å². The SMILES string of the molecule is CC(C)OCCCNC(=O)C1CCCn2c1nn(Cc1cccc(F)c1)c2=O. The van der Waals surface area contributed by atoms with Crippen molar-refractivity contribution >= 4 is 5.91 Å². The first-order valence-electron chi connectivity index (χ1n) is 9.77. The fourth-order valence-corrected chi connectivity index (χ4v) is 3.39. The minimum absolute atomic E-state index is 0.117. The minimum atomic E-state index is -0.443. The third-order valence-corrected chi connectivity index (χ3v) is 4.75. The molecule has 0 radical (unpaired) electrons. The number of hydrogen-bond acceptors (Lipinski definition) is 4. The van der Waals surface area contributed by atoms with Gasteiger partial charge in [0, 0.05) is 19.7 Å². The summed E-state index contributed by atoms with van der Waals surface area (Å²) in [6.07, 6.45) is 2.31. The summed E-state index contributed by atoms with van der Waals surface area (Å²) in [5.74, 6) is -0.425. The van der Waals surface area contributed by atoms with Crippen molar-refractivity contribution < 1.29 is 13.9 Å². The topological polar surface area (TPSA) is 78.2 Å². The van der Waals surface area contributed by atoms with E-state index in [-0.39, 0.29) is 30.1 Å². The molecule has 152 valence electrons. The predicted molar refractivity (Wildman–Crippen MR) is 103 cm³/mol. The van der Waals surface area contributed by atoms with E-state index in [9.17, 15) is 14.0 Å². The summed E-state index contributed by atoms with van der Waals surface area (Å²) in [6, 6.07) is 6.09. The average molecular weight is 390 g/mol. The summed E-state index contributed by atoms with van der Waals surface area (Å²) >= 11 is 0. The van der Waals surface area contributed by atoms with Crippen LogP contribution in [-0.2, 0) is 22.6 Å². The van der Waals surface area contributed by atoms with Crippen LogP contribution in [0.15, 0.2) is 29.1 Å². The van der Waals surface area contributed by atoms with E-state index < -0.39 is 5.92 Å².